The van der Waals surface area contributed by atoms with Crippen LogP contribution in [0.25, 0.3) is 27.6 Å². The Balaban J connectivity index is 1.36. The molecular formula is C53H56N2S. The molecule has 284 valence electrons. The van der Waals surface area contributed by atoms with E-state index >= 15 is 0 Å². The second kappa shape index (κ2) is 14.8. The van der Waals surface area contributed by atoms with Crippen LogP contribution in [0.15, 0.2) is 178 Å². The number of fused-ring (bicyclic) bond motifs is 3. The fraction of sp³-hybridized carbons (Fsp3) is 0.283. The highest BCUT2D eigenvalue weighted by Crippen LogP contribution is 2.76. The van der Waals surface area contributed by atoms with Gasteiger partial charge in [-0.05, 0) is 127 Å². The van der Waals surface area contributed by atoms with Gasteiger partial charge in [-0.2, -0.15) is 0 Å². The first-order valence-corrected chi connectivity index (χ1v) is 22.5. The molecule has 0 saturated carbocycles. The number of allylic oxidation sites excluding steroid dienone is 7. The minimum atomic E-state index is -1.94. The molecule has 4 aromatic carbocycles. The Morgan fingerprint density at radius 2 is 1.41 bits per heavy atom. The van der Waals surface area contributed by atoms with Crippen LogP contribution in [0.5, 0.6) is 0 Å². The van der Waals surface area contributed by atoms with Crippen LogP contribution in [-0.4, -0.2) is 10.1 Å². The van der Waals surface area contributed by atoms with Gasteiger partial charge in [-0.1, -0.05) is 137 Å². The predicted octanol–water partition coefficient (Wildman–Crippen LogP) is 13.0. The van der Waals surface area contributed by atoms with Crippen LogP contribution in [0.2, 0.25) is 0 Å². The molecule has 56 heavy (non-hydrogen) atoms. The van der Waals surface area contributed by atoms with Crippen molar-refractivity contribution in [2.45, 2.75) is 82.1 Å². The predicted molar refractivity (Wildman–Crippen MR) is 242 cm³/mol. The molecule has 5 aromatic rings. The van der Waals surface area contributed by atoms with E-state index in [-0.39, 0.29) is 5.54 Å². The first kappa shape index (κ1) is 36.6. The number of anilines is 1. The third-order valence-electron chi connectivity index (χ3n) is 13.0. The van der Waals surface area contributed by atoms with E-state index < -0.39 is 10.0 Å². The topological polar surface area (TPSA) is 8.17 Å². The fourth-order valence-corrected chi connectivity index (χ4v) is 14.6. The zero-order valence-electron chi connectivity index (χ0n) is 33.7. The summed E-state index contributed by atoms with van der Waals surface area (Å²) in [6, 6.07) is 41.6. The summed E-state index contributed by atoms with van der Waals surface area (Å²) >= 11 is 0. The molecule has 0 spiro atoms. The quantitative estimate of drug-likeness (QED) is 0.153. The summed E-state index contributed by atoms with van der Waals surface area (Å²) in [5.74, 6) is 2.16. The summed E-state index contributed by atoms with van der Waals surface area (Å²) in [6.07, 6.45) is 27.1. The maximum absolute atomic E-state index is 2.68. The van der Waals surface area contributed by atoms with Gasteiger partial charge in [0.15, 0.2) is 0 Å². The lowest BCUT2D eigenvalue weighted by atomic mass is 9.81. The van der Waals surface area contributed by atoms with Gasteiger partial charge in [0.05, 0.1) is 16.4 Å². The van der Waals surface area contributed by atoms with Crippen molar-refractivity contribution in [3.63, 3.8) is 0 Å². The van der Waals surface area contributed by atoms with Gasteiger partial charge >= 0.3 is 0 Å². The molecular weight excluding hydrogens is 697 g/mol. The Morgan fingerprint density at radius 1 is 0.696 bits per heavy atom. The summed E-state index contributed by atoms with van der Waals surface area (Å²) in [5.41, 5.74) is 5.09. The number of aromatic nitrogens is 1. The monoisotopic (exact) mass is 752 g/mol. The lowest BCUT2D eigenvalue weighted by molar-refractivity contribution is 0.357. The molecule has 0 aliphatic heterocycles. The van der Waals surface area contributed by atoms with Crippen molar-refractivity contribution in [2.24, 2.45) is 23.7 Å². The Hall–Kier alpha value is -4.99. The van der Waals surface area contributed by atoms with Crippen LogP contribution < -0.4 is 15.5 Å². The third kappa shape index (κ3) is 6.11. The van der Waals surface area contributed by atoms with Crippen molar-refractivity contribution < 1.29 is 0 Å². The molecule has 4 aliphatic rings. The zero-order chi connectivity index (χ0) is 38.4. The van der Waals surface area contributed by atoms with Crippen molar-refractivity contribution in [3.05, 3.63) is 179 Å². The van der Waals surface area contributed by atoms with Gasteiger partial charge in [0.1, 0.15) is 0 Å². The Labute approximate surface area is 336 Å². The molecule has 4 aliphatic carbocycles. The van der Waals surface area contributed by atoms with E-state index in [2.05, 4.69) is 208 Å². The Bertz CT molecular complexity index is 2530. The third-order valence-corrected chi connectivity index (χ3v) is 17.2. The van der Waals surface area contributed by atoms with Crippen LogP contribution in [0.3, 0.4) is 0 Å². The van der Waals surface area contributed by atoms with Crippen LogP contribution >= 0.6 is 10.0 Å². The van der Waals surface area contributed by atoms with Crippen molar-refractivity contribution in [1.82, 2.24) is 4.57 Å². The number of hydrogen-bond donors (Lipinski definition) is 0. The van der Waals surface area contributed by atoms with E-state index in [1.165, 1.54) is 53.2 Å². The van der Waals surface area contributed by atoms with Gasteiger partial charge in [0, 0.05) is 37.5 Å². The van der Waals surface area contributed by atoms with E-state index in [4.69, 9.17) is 0 Å². The van der Waals surface area contributed by atoms with Crippen LogP contribution in [-0.2, 0) is 0 Å². The van der Waals surface area contributed by atoms with E-state index in [1.807, 2.05) is 0 Å². The first-order valence-electron chi connectivity index (χ1n) is 20.9. The lowest BCUT2D eigenvalue weighted by Crippen LogP contribution is -2.46. The average Bonchev–Trinajstić information content (AvgIpc) is 3.56. The summed E-state index contributed by atoms with van der Waals surface area (Å²) in [4.78, 5) is 8.53. The number of rotatable bonds is 8. The van der Waals surface area contributed by atoms with Crippen molar-refractivity contribution in [2.75, 3.05) is 4.90 Å². The summed E-state index contributed by atoms with van der Waals surface area (Å²) in [5, 5.41) is 4.08. The van der Waals surface area contributed by atoms with Gasteiger partial charge in [0.2, 0.25) is 0 Å². The highest BCUT2D eigenvalue weighted by molar-refractivity contribution is 8.43. The minimum Gasteiger partial charge on any atom is -0.336 e. The van der Waals surface area contributed by atoms with E-state index in [9.17, 15) is 0 Å². The van der Waals surface area contributed by atoms with Crippen molar-refractivity contribution >= 4 is 37.6 Å². The number of para-hydroxylation sites is 2. The maximum atomic E-state index is 2.68. The standard InChI is InChI=1S/C53H56N2S/c1-38-18-17-23-47(36-38)56(45-21-11-7-12-22-45,52-40(3)27-33-50-51(52)48-24-13-14-25-49(48)54(50)42-19-9-6-10-20-42)46-31-29-43(30-32-46)55(53(5)34-15-8-16-35-53)44-28-26-39(2)41(4)37-44/h6-17,19-25,28-34,36,38-41H,18,26-27,35,37H2,1-5H3. The number of hydrogen-bond acceptors (Lipinski definition) is 1. The molecule has 0 amide bonds. The summed E-state index contributed by atoms with van der Waals surface area (Å²) in [7, 11) is -1.94. The molecule has 6 unspecified atom stereocenters. The molecule has 0 bridgehead atoms. The Morgan fingerprint density at radius 3 is 2.12 bits per heavy atom. The van der Waals surface area contributed by atoms with E-state index in [1.54, 1.807) is 4.91 Å². The van der Waals surface area contributed by atoms with Crippen LogP contribution in [0.4, 0.5) is 5.69 Å². The molecule has 0 N–H and O–H groups in total. The molecule has 9 rings (SSSR count). The van der Waals surface area contributed by atoms with Gasteiger partial charge in [-0.3, -0.25) is 0 Å². The molecule has 2 nitrogen and oxygen atoms in total. The van der Waals surface area contributed by atoms with E-state index in [0.717, 1.165) is 32.1 Å². The number of nitrogens with zero attached hydrogens (tertiary/aromatic N) is 2. The van der Waals surface area contributed by atoms with Crippen molar-refractivity contribution in [1.29, 1.82) is 0 Å². The maximum Gasteiger partial charge on any atom is 0.0639 e. The molecule has 3 heteroatoms. The van der Waals surface area contributed by atoms with Crippen molar-refractivity contribution in [3.8, 4) is 5.69 Å². The highest BCUT2D eigenvalue weighted by atomic mass is 32.3. The van der Waals surface area contributed by atoms with Gasteiger partial charge in [0.25, 0.3) is 0 Å². The SMILES string of the molecule is CC1C=C(S(C2=c3c(n(-c4ccccc4)c4ccccc34)=CCC2C)(c2ccccc2)c2ccc(N(C3=CCC(C)C(C)C3)C3(C)C=CC=CC3)cc2)C=CC1. The molecule has 0 fully saturated rings. The second-order valence-electron chi connectivity index (χ2n) is 17.0. The van der Waals surface area contributed by atoms with Gasteiger partial charge in [-0.25, -0.2) is 0 Å². The fourth-order valence-electron chi connectivity index (χ4n) is 9.91. The highest BCUT2D eigenvalue weighted by Gasteiger charge is 2.41. The average molecular weight is 753 g/mol. The van der Waals surface area contributed by atoms with Gasteiger partial charge in [-0.15, -0.1) is 10.0 Å². The smallest absolute Gasteiger partial charge is 0.0639 e. The largest absolute Gasteiger partial charge is 0.336 e. The summed E-state index contributed by atoms with van der Waals surface area (Å²) in [6.45, 7) is 12.1. The lowest BCUT2D eigenvalue weighted by Gasteiger charge is -2.48. The first-order chi connectivity index (χ1) is 27.3. The zero-order valence-corrected chi connectivity index (χ0v) is 34.6. The molecule has 1 aromatic heterocycles. The van der Waals surface area contributed by atoms with Gasteiger partial charge < -0.3 is 9.47 Å². The normalized spacial score (nSPS) is 26.1. The van der Waals surface area contributed by atoms with Crippen LogP contribution in [0, 0.1) is 23.7 Å². The summed E-state index contributed by atoms with van der Waals surface area (Å²) < 4.78 is 2.52. The van der Waals surface area contributed by atoms with Crippen LogP contribution in [0.1, 0.15) is 66.7 Å². The second-order valence-corrected chi connectivity index (χ2v) is 20.1. The molecule has 0 saturated heterocycles. The molecule has 1 heterocycles. The Kier molecular flexibility index (Phi) is 9.70. The minimum absolute atomic E-state index is 0.132. The molecule has 6 atom stereocenters. The molecule has 0 radical (unpaired) electrons. The number of benzene rings is 4. The van der Waals surface area contributed by atoms with E-state index in [0.29, 0.717) is 23.7 Å².